The van der Waals surface area contributed by atoms with Gasteiger partial charge >= 0.3 is 0 Å². The van der Waals surface area contributed by atoms with Crippen molar-refractivity contribution in [1.82, 2.24) is 9.55 Å². The maximum absolute atomic E-state index is 6.29. The zero-order chi connectivity index (χ0) is 14.0. The van der Waals surface area contributed by atoms with Crippen molar-refractivity contribution in [2.45, 2.75) is 46.1 Å². The second-order valence-corrected chi connectivity index (χ2v) is 5.58. The minimum atomic E-state index is 0.342. The number of nitrogens with two attached hydrogens (primary N) is 1. The van der Waals surface area contributed by atoms with E-state index in [0.29, 0.717) is 12.0 Å². The van der Waals surface area contributed by atoms with E-state index in [1.165, 1.54) is 5.56 Å². The molecule has 1 heterocycles. The maximum atomic E-state index is 6.29. The van der Waals surface area contributed by atoms with Gasteiger partial charge in [-0.1, -0.05) is 44.2 Å². The minimum absolute atomic E-state index is 0.342. The summed E-state index contributed by atoms with van der Waals surface area (Å²) in [5, 5.41) is 0. The topological polar surface area (TPSA) is 43.8 Å². The number of rotatable bonds is 4. The fourth-order valence-electron chi connectivity index (χ4n) is 2.38. The number of imidazole rings is 1. The Hall–Kier alpha value is -1.77. The van der Waals surface area contributed by atoms with Crippen LogP contribution >= 0.6 is 0 Å². The van der Waals surface area contributed by atoms with Crippen molar-refractivity contribution in [3.63, 3.8) is 0 Å². The number of anilines is 1. The van der Waals surface area contributed by atoms with Crippen molar-refractivity contribution >= 4 is 5.82 Å². The van der Waals surface area contributed by atoms with E-state index in [4.69, 9.17) is 10.7 Å². The van der Waals surface area contributed by atoms with Crippen molar-refractivity contribution in [3.05, 3.63) is 47.4 Å². The van der Waals surface area contributed by atoms with Crippen LogP contribution in [-0.2, 0) is 6.42 Å². The summed E-state index contributed by atoms with van der Waals surface area (Å²) in [4.78, 5) is 4.76. The molecule has 1 aromatic carbocycles. The van der Waals surface area contributed by atoms with Gasteiger partial charge in [-0.2, -0.15) is 0 Å². The number of nitrogen functional groups attached to an aromatic ring is 1. The highest BCUT2D eigenvalue weighted by atomic mass is 15.2. The molecule has 0 saturated heterocycles. The third kappa shape index (κ3) is 2.80. The van der Waals surface area contributed by atoms with Crippen molar-refractivity contribution < 1.29 is 0 Å². The zero-order valence-electron chi connectivity index (χ0n) is 12.2. The molecule has 2 aromatic rings. The largest absolute Gasteiger partial charge is 0.384 e. The first kappa shape index (κ1) is 13.7. The molecule has 0 unspecified atom stereocenters. The molecule has 19 heavy (non-hydrogen) atoms. The second-order valence-electron chi connectivity index (χ2n) is 5.58. The minimum Gasteiger partial charge on any atom is -0.384 e. The molecule has 0 fully saturated rings. The lowest BCUT2D eigenvalue weighted by Gasteiger charge is -2.15. The van der Waals surface area contributed by atoms with Crippen LogP contribution in [0.4, 0.5) is 5.82 Å². The third-order valence-corrected chi connectivity index (χ3v) is 3.30. The van der Waals surface area contributed by atoms with E-state index >= 15 is 0 Å². The molecule has 0 amide bonds. The normalized spacial score (nSPS) is 11.5. The van der Waals surface area contributed by atoms with E-state index in [-0.39, 0.29) is 0 Å². The number of nitrogens with zero attached hydrogens (tertiary/aromatic N) is 2. The van der Waals surface area contributed by atoms with E-state index in [1.54, 1.807) is 0 Å². The lowest BCUT2D eigenvalue weighted by atomic mass is 10.1. The second kappa shape index (κ2) is 5.47. The molecule has 0 aliphatic carbocycles. The SMILES string of the molecule is CC(C)c1nc(Cc2ccccc2)c(N)n1C(C)C. The van der Waals surface area contributed by atoms with Gasteiger partial charge in [0.15, 0.2) is 0 Å². The van der Waals surface area contributed by atoms with E-state index < -0.39 is 0 Å². The number of benzene rings is 1. The van der Waals surface area contributed by atoms with Gasteiger partial charge in [0.05, 0.1) is 5.69 Å². The Balaban J connectivity index is 2.39. The molecule has 0 bridgehead atoms. The van der Waals surface area contributed by atoms with Crippen LogP contribution < -0.4 is 5.73 Å². The summed E-state index contributed by atoms with van der Waals surface area (Å²) in [5.74, 6) is 2.27. The Kier molecular flexibility index (Phi) is 3.93. The fourth-order valence-corrected chi connectivity index (χ4v) is 2.38. The van der Waals surface area contributed by atoms with E-state index in [2.05, 4.69) is 44.4 Å². The van der Waals surface area contributed by atoms with Crippen LogP contribution in [-0.4, -0.2) is 9.55 Å². The van der Waals surface area contributed by atoms with Crippen molar-refractivity contribution in [2.24, 2.45) is 0 Å². The van der Waals surface area contributed by atoms with Crippen molar-refractivity contribution in [2.75, 3.05) is 5.73 Å². The first-order valence-electron chi connectivity index (χ1n) is 6.91. The third-order valence-electron chi connectivity index (χ3n) is 3.30. The van der Waals surface area contributed by atoms with Gasteiger partial charge in [0.25, 0.3) is 0 Å². The van der Waals surface area contributed by atoms with Gasteiger partial charge in [0.2, 0.25) is 0 Å². The lowest BCUT2D eigenvalue weighted by molar-refractivity contribution is 0.556. The Labute approximate surface area is 115 Å². The highest BCUT2D eigenvalue weighted by Crippen LogP contribution is 2.26. The van der Waals surface area contributed by atoms with E-state index in [9.17, 15) is 0 Å². The molecule has 0 saturated carbocycles. The molecule has 0 spiro atoms. The van der Waals surface area contributed by atoms with Gasteiger partial charge in [-0.15, -0.1) is 0 Å². The molecule has 0 atom stereocenters. The standard InChI is InChI=1S/C16H23N3/c1-11(2)16-18-14(15(17)19(16)12(3)4)10-13-8-6-5-7-9-13/h5-9,11-12H,10,17H2,1-4H3. The van der Waals surface area contributed by atoms with Crippen LogP contribution in [0.25, 0.3) is 0 Å². The van der Waals surface area contributed by atoms with Gasteiger partial charge in [-0.05, 0) is 19.4 Å². The van der Waals surface area contributed by atoms with Gasteiger partial charge in [0.1, 0.15) is 11.6 Å². The van der Waals surface area contributed by atoms with Crippen molar-refractivity contribution in [3.8, 4) is 0 Å². The van der Waals surface area contributed by atoms with Crippen LogP contribution in [0, 0.1) is 0 Å². The predicted octanol–water partition coefficient (Wildman–Crippen LogP) is 3.76. The average Bonchev–Trinajstić information content (AvgIpc) is 2.68. The Morgan fingerprint density at radius 1 is 1.11 bits per heavy atom. The highest BCUT2D eigenvalue weighted by Gasteiger charge is 2.18. The van der Waals surface area contributed by atoms with E-state index in [0.717, 1.165) is 23.8 Å². The monoisotopic (exact) mass is 257 g/mol. The molecule has 0 aliphatic heterocycles. The first-order chi connectivity index (χ1) is 9.00. The molecule has 3 nitrogen and oxygen atoms in total. The summed E-state index contributed by atoms with van der Waals surface area (Å²) in [5.41, 5.74) is 8.53. The molecule has 102 valence electrons. The van der Waals surface area contributed by atoms with Gasteiger partial charge < -0.3 is 10.3 Å². The van der Waals surface area contributed by atoms with E-state index in [1.807, 2.05) is 18.2 Å². The quantitative estimate of drug-likeness (QED) is 0.906. The Morgan fingerprint density at radius 3 is 2.21 bits per heavy atom. The van der Waals surface area contributed by atoms with Gasteiger partial charge in [0, 0.05) is 18.4 Å². The summed E-state index contributed by atoms with van der Waals surface area (Å²) in [6, 6.07) is 10.7. The number of hydrogen-bond acceptors (Lipinski definition) is 2. The van der Waals surface area contributed by atoms with Crippen LogP contribution in [0.3, 0.4) is 0 Å². The summed E-state index contributed by atoms with van der Waals surface area (Å²) in [7, 11) is 0. The molecule has 2 rings (SSSR count). The summed E-state index contributed by atoms with van der Waals surface area (Å²) in [6.07, 6.45) is 0.798. The van der Waals surface area contributed by atoms with Crippen molar-refractivity contribution in [1.29, 1.82) is 0 Å². The molecule has 1 aromatic heterocycles. The molecule has 0 radical (unpaired) electrons. The maximum Gasteiger partial charge on any atom is 0.127 e. The van der Waals surface area contributed by atoms with Crippen LogP contribution in [0.2, 0.25) is 0 Å². The van der Waals surface area contributed by atoms with Crippen LogP contribution in [0.5, 0.6) is 0 Å². The van der Waals surface area contributed by atoms with Crippen LogP contribution in [0.15, 0.2) is 30.3 Å². The summed E-state index contributed by atoms with van der Waals surface area (Å²) in [6.45, 7) is 8.62. The highest BCUT2D eigenvalue weighted by molar-refractivity contribution is 5.42. The average molecular weight is 257 g/mol. The molecular formula is C16H23N3. The fraction of sp³-hybridized carbons (Fsp3) is 0.438. The van der Waals surface area contributed by atoms with Gasteiger partial charge in [-0.3, -0.25) is 0 Å². The predicted molar refractivity (Wildman–Crippen MR) is 80.4 cm³/mol. The van der Waals surface area contributed by atoms with Crippen LogP contribution in [0.1, 0.15) is 56.7 Å². The molecule has 2 N–H and O–H groups in total. The number of hydrogen-bond donors (Lipinski definition) is 1. The molecule has 3 heteroatoms. The van der Waals surface area contributed by atoms with Gasteiger partial charge in [-0.25, -0.2) is 4.98 Å². The number of aromatic nitrogens is 2. The zero-order valence-corrected chi connectivity index (χ0v) is 12.2. The Morgan fingerprint density at radius 2 is 1.74 bits per heavy atom. The lowest BCUT2D eigenvalue weighted by Crippen LogP contribution is -2.10. The summed E-state index contributed by atoms with van der Waals surface area (Å²) >= 11 is 0. The summed E-state index contributed by atoms with van der Waals surface area (Å²) < 4.78 is 2.16. The molecule has 0 aliphatic rings. The first-order valence-corrected chi connectivity index (χ1v) is 6.91. The molecular weight excluding hydrogens is 234 g/mol. The smallest absolute Gasteiger partial charge is 0.127 e. The Bertz CT molecular complexity index is 539.